The van der Waals surface area contributed by atoms with Crippen LogP contribution in [0, 0.1) is 6.92 Å². The van der Waals surface area contributed by atoms with Crippen LogP contribution in [0.2, 0.25) is 0 Å². The van der Waals surface area contributed by atoms with E-state index < -0.39 is 0 Å². The lowest BCUT2D eigenvalue weighted by Crippen LogP contribution is -2.17. The maximum atomic E-state index is 5.82. The average Bonchev–Trinajstić information content (AvgIpc) is 2.80. The summed E-state index contributed by atoms with van der Waals surface area (Å²) in [6.07, 6.45) is 1.15. The Morgan fingerprint density at radius 3 is 2.62 bits per heavy atom. The van der Waals surface area contributed by atoms with Gasteiger partial charge in [0.2, 0.25) is 0 Å². The van der Waals surface area contributed by atoms with Crippen molar-refractivity contribution in [3.05, 3.63) is 59.0 Å². The summed E-state index contributed by atoms with van der Waals surface area (Å²) >= 11 is 0. The molecule has 0 atom stereocenters. The maximum absolute atomic E-state index is 5.82. The van der Waals surface area contributed by atoms with Gasteiger partial charge in [-0.05, 0) is 38.6 Å². The Morgan fingerprint density at radius 1 is 1.14 bits per heavy atom. The highest BCUT2D eigenvalue weighted by Crippen LogP contribution is 2.17. The molecule has 1 N–H and O–H groups in total. The Balaban J connectivity index is 1.89. The minimum Gasteiger partial charge on any atom is -0.465 e. The molecule has 0 unspecified atom stereocenters. The zero-order chi connectivity index (χ0) is 15.1. The molecule has 0 radical (unpaired) electrons. The molecule has 0 saturated heterocycles. The van der Waals surface area contributed by atoms with Crippen molar-refractivity contribution < 1.29 is 4.42 Å². The second kappa shape index (κ2) is 8.01. The first-order chi connectivity index (χ1) is 10.2. The van der Waals surface area contributed by atoms with E-state index in [-0.39, 0.29) is 0 Å². The normalized spacial score (nSPS) is 11.2. The number of benzene rings is 1. The van der Waals surface area contributed by atoms with Gasteiger partial charge in [-0.2, -0.15) is 0 Å². The van der Waals surface area contributed by atoms with Crippen molar-refractivity contribution in [2.45, 2.75) is 39.9 Å². The van der Waals surface area contributed by atoms with Gasteiger partial charge in [0, 0.05) is 18.7 Å². The van der Waals surface area contributed by atoms with Gasteiger partial charge in [-0.1, -0.05) is 37.3 Å². The lowest BCUT2D eigenvalue weighted by atomic mass is 10.2. The zero-order valence-electron chi connectivity index (χ0n) is 13.4. The molecule has 0 aliphatic carbocycles. The third kappa shape index (κ3) is 5.03. The van der Waals surface area contributed by atoms with E-state index in [2.05, 4.69) is 67.5 Å². The van der Waals surface area contributed by atoms with Crippen molar-refractivity contribution in [1.29, 1.82) is 0 Å². The summed E-state index contributed by atoms with van der Waals surface area (Å²) in [5.41, 5.74) is 2.62. The third-order valence-corrected chi connectivity index (χ3v) is 3.53. The maximum Gasteiger partial charge on any atom is 0.118 e. The minimum atomic E-state index is 0.817. The smallest absolute Gasteiger partial charge is 0.118 e. The van der Waals surface area contributed by atoms with Crippen molar-refractivity contribution in [1.82, 2.24) is 10.2 Å². The fraction of sp³-hybridized carbons (Fsp3) is 0.444. The molecule has 114 valence electrons. The van der Waals surface area contributed by atoms with Gasteiger partial charge in [0.25, 0.3) is 0 Å². The number of rotatable bonds is 8. The molecule has 0 saturated carbocycles. The van der Waals surface area contributed by atoms with Gasteiger partial charge in [-0.3, -0.25) is 4.90 Å². The zero-order valence-corrected chi connectivity index (χ0v) is 13.4. The van der Waals surface area contributed by atoms with E-state index in [0.29, 0.717) is 0 Å². The van der Waals surface area contributed by atoms with Gasteiger partial charge in [0.1, 0.15) is 11.5 Å². The first-order valence-electron chi connectivity index (χ1n) is 7.70. The molecule has 2 rings (SSSR count). The summed E-state index contributed by atoms with van der Waals surface area (Å²) in [5, 5.41) is 3.38. The Hall–Kier alpha value is -1.58. The summed E-state index contributed by atoms with van der Waals surface area (Å²) < 4.78 is 5.82. The predicted octanol–water partition coefficient (Wildman–Crippen LogP) is 3.72. The number of aryl methyl sites for hydroxylation is 1. The molecular weight excluding hydrogens is 260 g/mol. The molecule has 0 spiro atoms. The van der Waals surface area contributed by atoms with Crippen LogP contribution in [-0.4, -0.2) is 18.5 Å². The van der Waals surface area contributed by atoms with E-state index in [9.17, 15) is 0 Å². The van der Waals surface area contributed by atoms with Crippen molar-refractivity contribution in [3.63, 3.8) is 0 Å². The molecule has 1 heterocycles. The summed E-state index contributed by atoms with van der Waals surface area (Å²) in [4.78, 5) is 2.32. The monoisotopic (exact) mass is 286 g/mol. The number of nitrogens with zero attached hydrogens (tertiary/aromatic N) is 1. The van der Waals surface area contributed by atoms with Crippen LogP contribution < -0.4 is 5.32 Å². The summed E-state index contributed by atoms with van der Waals surface area (Å²) in [6, 6.07) is 12.7. The fourth-order valence-corrected chi connectivity index (χ4v) is 2.46. The molecule has 21 heavy (non-hydrogen) atoms. The van der Waals surface area contributed by atoms with Crippen LogP contribution in [-0.2, 0) is 19.6 Å². The van der Waals surface area contributed by atoms with Gasteiger partial charge >= 0.3 is 0 Å². The lowest BCUT2D eigenvalue weighted by Gasteiger charge is -2.16. The largest absolute Gasteiger partial charge is 0.465 e. The predicted molar refractivity (Wildman–Crippen MR) is 87.1 cm³/mol. The average molecular weight is 286 g/mol. The Morgan fingerprint density at radius 2 is 1.90 bits per heavy atom. The highest BCUT2D eigenvalue weighted by molar-refractivity contribution is 5.21. The van der Waals surface area contributed by atoms with Crippen molar-refractivity contribution in [2.75, 3.05) is 13.6 Å². The molecule has 2 aromatic rings. The SMILES string of the molecule is CCCNCc1cc(CN(C)Cc2ccccc2)c(C)o1. The van der Waals surface area contributed by atoms with E-state index >= 15 is 0 Å². The molecule has 0 bridgehead atoms. The second-order valence-corrected chi connectivity index (χ2v) is 5.63. The minimum absolute atomic E-state index is 0.817. The van der Waals surface area contributed by atoms with E-state index in [1.54, 1.807) is 0 Å². The molecule has 3 nitrogen and oxygen atoms in total. The fourth-order valence-electron chi connectivity index (χ4n) is 2.46. The third-order valence-electron chi connectivity index (χ3n) is 3.53. The van der Waals surface area contributed by atoms with E-state index in [1.165, 1.54) is 11.1 Å². The summed E-state index contributed by atoms with van der Waals surface area (Å²) in [5.74, 6) is 2.06. The first kappa shape index (κ1) is 15.8. The van der Waals surface area contributed by atoms with Crippen LogP contribution in [0.4, 0.5) is 0 Å². The number of hydrogen-bond acceptors (Lipinski definition) is 3. The van der Waals surface area contributed by atoms with Gasteiger partial charge in [0.15, 0.2) is 0 Å². The molecular formula is C18H26N2O. The molecule has 0 amide bonds. The Labute approximate surface area is 128 Å². The molecule has 1 aromatic carbocycles. The van der Waals surface area contributed by atoms with Gasteiger partial charge in [0.05, 0.1) is 6.54 Å². The summed E-state index contributed by atoms with van der Waals surface area (Å²) in [6.45, 7) is 7.94. The number of furan rings is 1. The quantitative estimate of drug-likeness (QED) is 0.750. The topological polar surface area (TPSA) is 28.4 Å². The van der Waals surface area contributed by atoms with Crippen molar-refractivity contribution in [2.24, 2.45) is 0 Å². The van der Waals surface area contributed by atoms with Crippen LogP contribution in [0.15, 0.2) is 40.8 Å². The molecule has 0 fully saturated rings. The van der Waals surface area contributed by atoms with Crippen LogP contribution in [0.1, 0.15) is 36.0 Å². The highest BCUT2D eigenvalue weighted by Gasteiger charge is 2.10. The first-order valence-corrected chi connectivity index (χ1v) is 7.70. The van der Waals surface area contributed by atoms with Crippen LogP contribution in [0.25, 0.3) is 0 Å². The van der Waals surface area contributed by atoms with Gasteiger partial charge in [-0.25, -0.2) is 0 Å². The number of nitrogens with one attached hydrogen (secondary N) is 1. The van der Waals surface area contributed by atoms with E-state index in [1.807, 2.05) is 0 Å². The van der Waals surface area contributed by atoms with Gasteiger partial charge < -0.3 is 9.73 Å². The van der Waals surface area contributed by atoms with Crippen LogP contribution in [0.5, 0.6) is 0 Å². The molecule has 1 aromatic heterocycles. The van der Waals surface area contributed by atoms with Crippen molar-refractivity contribution in [3.8, 4) is 0 Å². The van der Waals surface area contributed by atoms with Crippen molar-refractivity contribution >= 4 is 0 Å². The van der Waals surface area contributed by atoms with Crippen LogP contribution >= 0.6 is 0 Å². The molecule has 0 aliphatic heterocycles. The van der Waals surface area contributed by atoms with Gasteiger partial charge in [-0.15, -0.1) is 0 Å². The van der Waals surface area contributed by atoms with E-state index in [0.717, 1.165) is 44.1 Å². The van der Waals surface area contributed by atoms with Crippen LogP contribution in [0.3, 0.4) is 0 Å². The number of hydrogen-bond donors (Lipinski definition) is 1. The lowest BCUT2D eigenvalue weighted by molar-refractivity contribution is 0.316. The second-order valence-electron chi connectivity index (χ2n) is 5.63. The standard InChI is InChI=1S/C18H26N2O/c1-4-10-19-12-18-11-17(15(2)21-18)14-20(3)13-16-8-6-5-7-9-16/h5-9,11,19H,4,10,12-14H2,1-3H3. The molecule has 3 heteroatoms. The molecule has 0 aliphatic rings. The summed E-state index contributed by atoms with van der Waals surface area (Å²) in [7, 11) is 2.15. The Bertz CT molecular complexity index is 533. The Kier molecular flexibility index (Phi) is 6.03. The highest BCUT2D eigenvalue weighted by atomic mass is 16.3. The van der Waals surface area contributed by atoms with E-state index in [4.69, 9.17) is 4.42 Å².